The Morgan fingerprint density at radius 2 is 1.52 bits per heavy atom. The predicted molar refractivity (Wildman–Crippen MR) is 91.3 cm³/mol. The first-order valence-corrected chi connectivity index (χ1v) is 7.76. The molecule has 3 N–H and O–H groups in total. The van der Waals surface area contributed by atoms with Gasteiger partial charge in [-0.2, -0.15) is 0 Å². The van der Waals surface area contributed by atoms with Crippen LogP contribution in [0.3, 0.4) is 0 Å². The van der Waals surface area contributed by atoms with Gasteiger partial charge in [-0.25, -0.2) is 5.43 Å². The fourth-order valence-electron chi connectivity index (χ4n) is 2.66. The maximum absolute atomic E-state index is 12.4. The molecular formula is C18H19N3O4. The molecule has 2 atom stereocenters. The van der Waals surface area contributed by atoms with E-state index in [2.05, 4.69) is 16.2 Å². The van der Waals surface area contributed by atoms with E-state index >= 15 is 0 Å². The maximum Gasteiger partial charge on any atom is 0.258 e. The van der Waals surface area contributed by atoms with Crippen molar-refractivity contribution in [3.05, 3.63) is 59.7 Å². The molecule has 0 aliphatic carbocycles. The second-order valence-electron chi connectivity index (χ2n) is 5.56. The molecule has 1 aliphatic rings. The zero-order valence-electron chi connectivity index (χ0n) is 13.9. The Balaban J connectivity index is 1.75. The van der Waals surface area contributed by atoms with Crippen LogP contribution in [0, 0.1) is 0 Å². The zero-order valence-corrected chi connectivity index (χ0v) is 13.9. The lowest BCUT2D eigenvalue weighted by molar-refractivity contribution is -0.121. The largest absolute Gasteiger partial charge is 0.497 e. The van der Waals surface area contributed by atoms with Gasteiger partial charge < -0.3 is 14.8 Å². The van der Waals surface area contributed by atoms with E-state index in [0.717, 1.165) is 11.3 Å². The number of carbonyl (C=O) groups is 2. The van der Waals surface area contributed by atoms with Crippen molar-refractivity contribution in [2.45, 2.75) is 12.1 Å². The van der Waals surface area contributed by atoms with Crippen LogP contribution in [-0.4, -0.2) is 32.1 Å². The normalized spacial score (nSPS) is 19.2. The number of rotatable bonds is 5. The molecule has 2 amide bonds. The first-order chi connectivity index (χ1) is 12.1. The molecular weight excluding hydrogens is 322 g/mol. The summed E-state index contributed by atoms with van der Waals surface area (Å²) in [4.78, 5) is 24.6. The van der Waals surface area contributed by atoms with Gasteiger partial charge in [-0.3, -0.25) is 15.0 Å². The number of carbonyl (C=O) groups excluding carboxylic acids is 2. The predicted octanol–water partition coefficient (Wildman–Crippen LogP) is 1.18. The third kappa shape index (κ3) is 3.56. The number of amides is 2. The summed E-state index contributed by atoms with van der Waals surface area (Å²) in [5, 5.41) is 2.77. The zero-order chi connectivity index (χ0) is 17.8. The SMILES string of the molecule is COc1ccc(C(=O)N[C@@H]2C(=O)NN[C@H]2c2ccc(OC)cc2)cc1. The van der Waals surface area contributed by atoms with Crippen LogP contribution in [0.4, 0.5) is 0 Å². The minimum atomic E-state index is -0.719. The Morgan fingerprint density at radius 3 is 2.08 bits per heavy atom. The summed E-state index contributed by atoms with van der Waals surface area (Å²) in [6, 6.07) is 12.9. The van der Waals surface area contributed by atoms with Gasteiger partial charge in [0.2, 0.25) is 0 Å². The van der Waals surface area contributed by atoms with E-state index < -0.39 is 6.04 Å². The summed E-state index contributed by atoms with van der Waals surface area (Å²) in [6.45, 7) is 0. The van der Waals surface area contributed by atoms with Crippen molar-refractivity contribution in [3.8, 4) is 11.5 Å². The van der Waals surface area contributed by atoms with Gasteiger partial charge in [-0.05, 0) is 42.0 Å². The number of hydrogen-bond acceptors (Lipinski definition) is 5. The summed E-state index contributed by atoms with van der Waals surface area (Å²) in [5.74, 6) is 0.764. The van der Waals surface area contributed by atoms with Gasteiger partial charge >= 0.3 is 0 Å². The molecule has 0 aromatic heterocycles. The standard InChI is InChI=1S/C18H19N3O4/c1-24-13-7-3-11(4-8-13)15-16(18(23)21-20-15)19-17(22)12-5-9-14(25-2)10-6-12/h3-10,15-16,20H,1-2H3,(H,19,22)(H,21,23)/t15-,16-/m0/s1. The molecule has 3 rings (SSSR count). The molecule has 25 heavy (non-hydrogen) atoms. The molecule has 0 bridgehead atoms. The summed E-state index contributed by atoms with van der Waals surface area (Å²) in [7, 11) is 3.15. The van der Waals surface area contributed by atoms with Gasteiger partial charge in [-0.1, -0.05) is 12.1 Å². The molecule has 2 aromatic carbocycles. The Bertz CT molecular complexity index is 759. The monoisotopic (exact) mass is 341 g/mol. The van der Waals surface area contributed by atoms with E-state index in [-0.39, 0.29) is 17.9 Å². The van der Waals surface area contributed by atoms with Crippen LogP contribution < -0.4 is 25.6 Å². The fraction of sp³-hybridized carbons (Fsp3) is 0.222. The van der Waals surface area contributed by atoms with Gasteiger partial charge in [0.1, 0.15) is 17.5 Å². The van der Waals surface area contributed by atoms with E-state index in [1.165, 1.54) is 0 Å². The molecule has 7 nitrogen and oxygen atoms in total. The molecule has 130 valence electrons. The quantitative estimate of drug-likeness (QED) is 0.760. The Labute approximate surface area is 145 Å². The summed E-state index contributed by atoms with van der Waals surface area (Å²) in [5.41, 5.74) is 6.79. The average molecular weight is 341 g/mol. The molecule has 1 heterocycles. The van der Waals surface area contributed by atoms with Crippen LogP contribution in [0.25, 0.3) is 0 Å². The van der Waals surface area contributed by atoms with Crippen molar-refractivity contribution in [2.75, 3.05) is 14.2 Å². The molecule has 0 spiro atoms. The van der Waals surface area contributed by atoms with Gasteiger partial charge in [0.15, 0.2) is 0 Å². The van der Waals surface area contributed by atoms with Crippen molar-refractivity contribution in [1.82, 2.24) is 16.2 Å². The smallest absolute Gasteiger partial charge is 0.258 e. The van der Waals surface area contributed by atoms with Crippen molar-refractivity contribution in [3.63, 3.8) is 0 Å². The molecule has 1 aliphatic heterocycles. The topological polar surface area (TPSA) is 88.7 Å². The number of ether oxygens (including phenoxy) is 2. The first-order valence-electron chi connectivity index (χ1n) is 7.76. The number of hydrogen-bond donors (Lipinski definition) is 3. The van der Waals surface area contributed by atoms with Crippen molar-refractivity contribution in [2.24, 2.45) is 0 Å². The highest BCUT2D eigenvalue weighted by Gasteiger charge is 2.36. The van der Waals surface area contributed by atoms with Crippen LogP contribution >= 0.6 is 0 Å². The van der Waals surface area contributed by atoms with Crippen LogP contribution in [0.1, 0.15) is 22.0 Å². The van der Waals surface area contributed by atoms with Crippen molar-refractivity contribution >= 4 is 11.8 Å². The van der Waals surface area contributed by atoms with E-state index in [0.29, 0.717) is 11.3 Å². The second kappa shape index (κ2) is 7.23. The lowest BCUT2D eigenvalue weighted by Gasteiger charge is -2.18. The number of methoxy groups -OCH3 is 2. The molecule has 0 saturated carbocycles. The summed E-state index contributed by atoms with van der Waals surface area (Å²) < 4.78 is 10.2. The van der Waals surface area contributed by atoms with Crippen molar-refractivity contribution < 1.29 is 19.1 Å². The Hall–Kier alpha value is -3.06. The average Bonchev–Trinajstić information content (AvgIpc) is 3.02. The molecule has 7 heteroatoms. The van der Waals surface area contributed by atoms with Gasteiger partial charge in [0.05, 0.1) is 20.3 Å². The minimum Gasteiger partial charge on any atom is -0.497 e. The Morgan fingerprint density at radius 1 is 0.960 bits per heavy atom. The van der Waals surface area contributed by atoms with E-state index in [1.54, 1.807) is 38.5 Å². The third-order valence-electron chi connectivity index (χ3n) is 4.08. The van der Waals surface area contributed by atoms with Crippen molar-refractivity contribution in [1.29, 1.82) is 0 Å². The highest BCUT2D eigenvalue weighted by atomic mass is 16.5. The molecule has 2 aromatic rings. The van der Waals surface area contributed by atoms with Gasteiger partial charge in [0, 0.05) is 5.56 Å². The minimum absolute atomic E-state index is 0.289. The summed E-state index contributed by atoms with van der Waals surface area (Å²) >= 11 is 0. The number of benzene rings is 2. The van der Waals surface area contributed by atoms with Gasteiger partial charge in [-0.15, -0.1) is 0 Å². The summed E-state index contributed by atoms with van der Waals surface area (Å²) in [6.07, 6.45) is 0. The highest BCUT2D eigenvalue weighted by molar-refractivity contribution is 5.98. The van der Waals surface area contributed by atoms with Crippen LogP contribution in [0.15, 0.2) is 48.5 Å². The third-order valence-corrected chi connectivity index (χ3v) is 4.08. The van der Waals surface area contributed by atoms with E-state index in [9.17, 15) is 9.59 Å². The Kier molecular flexibility index (Phi) is 4.85. The molecule has 0 unspecified atom stereocenters. The van der Waals surface area contributed by atoms with Crippen LogP contribution in [0.5, 0.6) is 11.5 Å². The van der Waals surface area contributed by atoms with E-state index in [1.807, 2.05) is 24.3 Å². The van der Waals surface area contributed by atoms with Gasteiger partial charge in [0.25, 0.3) is 11.8 Å². The van der Waals surface area contributed by atoms with Crippen LogP contribution in [0.2, 0.25) is 0 Å². The van der Waals surface area contributed by atoms with Crippen LogP contribution in [-0.2, 0) is 4.79 Å². The fourth-order valence-corrected chi connectivity index (χ4v) is 2.66. The van der Waals surface area contributed by atoms with E-state index in [4.69, 9.17) is 9.47 Å². The second-order valence-corrected chi connectivity index (χ2v) is 5.56. The molecule has 0 radical (unpaired) electrons. The maximum atomic E-state index is 12.4. The highest BCUT2D eigenvalue weighted by Crippen LogP contribution is 2.23. The number of nitrogens with one attached hydrogen (secondary N) is 3. The molecule has 1 fully saturated rings. The lowest BCUT2D eigenvalue weighted by Crippen LogP contribution is -2.42. The lowest BCUT2D eigenvalue weighted by atomic mass is 10.00. The first kappa shape index (κ1) is 16.8. The number of hydrazine groups is 1. The molecule has 1 saturated heterocycles.